The summed E-state index contributed by atoms with van der Waals surface area (Å²) in [6.07, 6.45) is 3.27. The van der Waals surface area contributed by atoms with E-state index in [2.05, 4.69) is 15.3 Å². The van der Waals surface area contributed by atoms with Crippen LogP contribution in [0.2, 0.25) is 0 Å². The van der Waals surface area contributed by atoms with E-state index in [1.807, 2.05) is 19.1 Å². The summed E-state index contributed by atoms with van der Waals surface area (Å²) in [6.45, 7) is 2.82. The highest BCUT2D eigenvalue weighted by molar-refractivity contribution is 6.04. The Morgan fingerprint density at radius 2 is 2.11 bits per heavy atom. The van der Waals surface area contributed by atoms with Gasteiger partial charge in [-0.05, 0) is 31.2 Å². The topological polar surface area (TPSA) is 58.1 Å². The molecule has 5 nitrogen and oxygen atoms in total. The molecular formula is C14H16N4O. The van der Waals surface area contributed by atoms with E-state index in [-0.39, 0.29) is 5.91 Å². The third kappa shape index (κ3) is 3.07. The molecule has 0 aliphatic carbocycles. The molecular weight excluding hydrogens is 240 g/mol. The van der Waals surface area contributed by atoms with Crippen molar-refractivity contribution in [3.63, 3.8) is 0 Å². The van der Waals surface area contributed by atoms with Crippen LogP contribution in [0.15, 0.2) is 42.7 Å². The van der Waals surface area contributed by atoms with E-state index < -0.39 is 0 Å². The summed E-state index contributed by atoms with van der Waals surface area (Å²) >= 11 is 0. The standard InChI is InChI=1S/C14H16N4O/c1-3-15-13-8-7-11(10-17-13)18(2)14(19)12-6-4-5-9-16-12/h4-10H,3H2,1-2H3,(H,15,17). The van der Waals surface area contributed by atoms with E-state index in [1.54, 1.807) is 37.6 Å². The zero-order chi connectivity index (χ0) is 13.7. The van der Waals surface area contributed by atoms with Crippen LogP contribution >= 0.6 is 0 Å². The van der Waals surface area contributed by atoms with Crippen LogP contribution in [0.1, 0.15) is 17.4 Å². The molecule has 0 fully saturated rings. The van der Waals surface area contributed by atoms with Crippen molar-refractivity contribution in [2.75, 3.05) is 23.8 Å². The number of nitrogens with zero attached hydrogens (tertiary/aromatic N) is 3. The lowest BCUT2D eigenvalue weighted by molar-refractivity contribution is 0.0988. The number of carbonyl (C=O) groups is 1. The molecule has 0 saturated carbocycles. The molecule has 0 spiro atoms. The molecule has 1 N–H and O–H groups in total. The molecule has 2 aromatic rings. The number of hydrogen-bond acceptors (Lipinski definition) is 4. The van der Waals surface area contributed by atoms with Crippen LogP contribution in [0.5, 0.6) is 0 Å². The van der Waals surface area contributed by atoms with Crippen LogP contribution in [0, 0.1) is 0 Å². The zero-order valence-electron chi connectivity index (χ0n) is 11.0. The maximum Gasteiger partial charge on any atom is 0.276 e. The van der Waals surface area contributed by atoms with Gasteiger partial charge in [-0.1, -0.05) is 6.07 Å². The SMILES string of the molecule is CCNc1ccc(N(C)C(=O)c2ccccn2)cn1. The van der Waals surface area contributed by atoms with E-state index in [0.717, 1.165) is 18.1 Å². The van der Waals surface area contributed by atoms with Crippen LogP contribution in [-0.2, 0) is 0 Å². The maximum absolute atomic E-state index is 12.2. The number of aromatic nitrogens is 2. The summed E-state index contributed by atoms with van der Waals surface area (Å²) in [4.78, 5) is 22.0. The van der Waals surface area contributed by atoms with Gasteiger partial charge < -0.3 is 10.2 Å². The Bertz CT molecular complexity index is 539. The number of anilines is 2. The van der Waals surface area contributed by atoms with Gasteiger partial charge in [-0.3, -0.25) is 9.78 Å². The first-order valence-corrected chi connectivity index (χ1v) is 6.11. The summed E-state index contributed by atoms with van der Waals surface area (Å²) in [7, 11) is 1.71. The lowest BCUT2D eigenvalue weighted by atomic mass is 10.3. The van der Waals surface area contributed by atoms with Gasteiger partial charge in [0, 0.05) is 19.8 Å². The first kappa shape index (κ1) is 13.0. The Morgan fingerprint density at radius 3 is 2.68 bits per heavy atom. The van der Waals surface area contributed by atoms with Gasteiger partial charge in [-0.15, -0.1) is 0 Å². The molecule has 0 aromatic carbocycles. The third-order valence-corrected chi connectivity index (χ3v) is 2.68. The first-order valence-electron chi connectivity index (χ1n) is 6.11. The molecule has 98 valence electrons. The Balaban J connectivity index is 2.15. The summed E-state index contributed by atoms with van der Waals surface area (Å²) in [5.74, 6) is 0.642. The third-order valence-electron chi connectivity index (χ3n) is 2.68. The van der Waals surface area contributed by atoms with Crippen molar-refractivity contribution in [2.24, 2.45) is 0 Å². The zero-order valence-corrected chi connectivity index (χ0v) is 11.0. The highest BCUT2D eigenvalue weighted by Gasteiger charge is 2.14. The van der Waals surface area contributed by atoms with Gasteiger partial charge in [-0.2, -0.15) is 0 Å². The van der Waals surface area contributed by atoms with E-state index >= 15 is 0 Å². The molecule has 0 radical (unpaired) electrons. The highest BCUT2D eigenvalue weighted by Crippen LogP contribution is 2.15. The molecule has 0 atom stereocenters. The van der Waals surface area contributed by atoms with Crippen molar-refractivity contribution >= 4 is 17.4 Å². The van der Waals surface area contributed by atoms with Crippen LogP contribution in [0.4, 0.5) is 11.5 Å². The number of amides is 1. The van der Waals surface area contributed by atoms with Gasteiger partial charge >= 0.3 is 0 Å². The lowest BCUT2D eigenvalue weighted by Gasteiger charge is -2.16. The second-order valence-electron chi connectivity index (χ2n) is 4.01. The molecule has 2 heterocycles. The van der Waals surface area contributed by atoms with Crippen molar-refractivity contribution in [1.29, 1.82) is 0 Å². The van der Waals surface area contributed by atoms with E-state index in [1.165, 1.54) is 4.90 Å². The van der Waals surface area contributed by atoms with Gasteiger partial charge in [0.2, 0.25) is 0 Å². The molecule has 0 bridgehead atoms. The van der Waals surface area contributed by atoms with Gasteiger partial charge in [0.15, 0.2) is 0 Å². The van der Waals surface area contributed by atoms with Crippen molar-refractivity contribution < 1.29 is 4.79 Å². The molecule has 0 unspecified atom stereocenters. The van der Waals surface area contributed by atoms with Gasteiger partial charge in [0.25, 0.3) is 5.91 Å². The molecule has 0 aliphatic rings. The predicted octanol–water partition coefficient (Wildman–Crippen LogP) is 2.18. The average molecular weight is 256 g/mol. The van der Waals surface area contributed by atoms with E-state index in [4.69, 9.17) is 0 Å². The van der Waals surface area contributed by atoms with Crippen molar-refractivity contribution in [3.05, 3.63) is 48.4 Å². The minimum absolute atomic E-state index is 0.154. The molecule has 19 heavy (non-hydrogen) atoms. The smallest absolute Gasteiger partial charge is 0.276 e. The van der Waals surface area contributed by atoms with Crippen LogP contribution in [0.25, 0.3) is 0 Å². The van der Waals surface area contributed by atoms with Crippen LogP contribution in [0.3, 0.4) is 0 Å². The second kappa shape index (κ2) is 5.95. The normalized spacial score (nSPS) is 10.0. The fourth-order valence-corrected chi connectivity index (χ4v) is 1.65. The molecule has 5 heteroatoms. The van der Waals surface area contributed by atoms with E-state index in [9.17, 15) is 4.79 Å². The van der Waals surface area contributed by atoms with Crippen molar-refractivity contribution in [1.82, 2.24) is 9.97 Å². The number of carbonyl (C=O) groups excluding carboxylic acids is 1. The highest BCUT2D eigenvalue weighted by atomic mass is 16.2. The quantitative estimate of drug-likeness (QED) is 0.911. The summed E-state index contributed by atoms with van der Waals surface area (Å²) < 4.78 is 0. The van der Waals surface area contributed by atoms with Crippen LogP contribution in [-0.4, -0.2) is 29.5 Å². The molecule has 1 amide bonds. The van der Waals surface area contributed by atoms with Crippen molar-refractivity contribution in [2.45, 2.75) is 6.92 Å². The molecule has 2 aromatic heterocycles. The number of nitrogens with one attached hydrogen (secondary N) is 1. The first-order chi connectivity index (χ1) is 9.22. The molecule has 2 rings (SSSR count). The molecule has 0 saturated heterocycles. The Morgan fingerprint density at radius 1 is 1.26 bits per heavy atom. The number of hydrogen-bond donors (Lipinski definition) is 1. The fraction of sp³-hybridized carbons (Fsp3) is 0.214. The maximum atomic E-state index is 12.2. The Kier molecular flexibility index (Phi) is 4.07. The second-order valence-corrected chi connectivity index (χ2v) is 4.01. The van der Waals surface area contributed by atoms with Crippen LogP contribution < -0.4 is 10.2 Å². The largest absolute Gasteiger partial charge is 0.370 e. The minimum atomic E-state index is -0.154. The summed E-state index contributed by atoms with van der Waals surface area (Å²) in [6, 6.07) is 8.97. The Hall–Kier alpha value is -2.43. The Labute approximate surface area is 112 Å². The van der Waals surface area contributed by atoms with Gasteiger partial charge in [0.1, 0.15) is 11.5 Å². The number of pyridine rings is 2. The lowest BCUT2D eigenvalue weighted by Crippen LogP contribution is -2.27. The minimum Gasteiger partial charge on any atom is -0.370 e. The molecule has 0 aliphatic heterocycles. The fourth-order valence-electron chi connectivity index (χ4n) is 1.65. The number of rotatable bonds is 4. The van der Waals surface area contributed by atoms with Gasteiger partial charge in [0.05, 0.1) is 11.9 Å². The van der Waals surface area contributed by atoms with Crippen molar-refractivity contribution in [3.8, 4) is 0 Å². The average Bonchev–Trinajstić information content (AvgIpc) is 2.48. The van der Waals surface area contributed by atoms with E-state index in [0.29, 0.717) is 5.69 Å². The summed E-state index contributed by atoms with van der Waals surface area (Å²) in [5.41, 5.74) is 1.15. The predicted molar refractivity (Wildman–Crippen MR) is 75.4 cm³/mol. The summed E-state index contributed by atoms with van der Waals surface area (Å²) in [5, 5.41) is 3.11. The monoisotopic (exact) mass is 256 g/mol. The van der Waals surface area contributed by atoms with Gasteiger partial charge in [-0.25, -0.2) is 4.98 Å².